The Morgan fingerprint density at radius 2 is 2.15 bits per heavy atom. The fourth-order valence-electron chi connectivity index (χ4n) is 5.46. The lowest BCUT2D eigenvalue weighted by Crippen LogP contribution is -3.16. The first kappa shape index (κ1) is 12.7. The molecular weight excluding hydrogens is 246 g/mol. The van der Waals surface area contributed by atoms with Crippen molar-refractivity contribution in [3.63, 3.8) is 0 Å². The van der Waals surface area contributed by atoms with E-state index in [1.165, 1.54) is 45.1 Å². The van der Waals surface area contributed by atoms with Crippen molar-refractivity contribution in [1.82, 2.24) is 0 Å². The molecular formula is C18H26NO+. The lowest BCUT2D eigenvalue weighted by molar-refractivity contribution is -0.919. The van der Waals surface area contributed by atoms with Crippen molar-refractivity contribution >= 4 is 0 Å². The van der Waals surface area contributed by atoms with E-state index in [-0.39, 0.29) is 0 Å². The molecule has 1 aromatic rings. The molecule has 2 aliphatic carbocycles. The highest BCUT2D eigenvalue weighted by atomic mass is 16.5. The van der Waals surface area contributed by atoms with Gasteiger partial charge in [-0.1, -0.05) is 18.9 Å². The van der Waals surface area contributed by atoms with E-state index in [9.17, 15) is 0 Å². The molecule has 4 atom stereocenters. The second-order valence-corrected chi connectivity index (χ2v) is 7.19. The molecule has 1 heterocycles. The quantitative estimate of drug-likeness (QED) is 0.825. The SMILES string of the molecule is COc1ccc2c(c1)[C@]13CCCC[C@@H]1C(C2)[NH+](C)CC3. The van der Waals surface area contributed by atoms with Crippen molar-refractivity contribution in [1.29, 1.82) is 0 Å². The second kappa shape index (κ2) is 4.49. The fraction of sp³-hybridized carbons (Fsp3) is 0.667. The first-order valence-corrected chi connectivity index (χ1v) is 8.24. The van der Waals surface area contributed by atoms with E-state index in [1.54, 1.807) is 23.1 Å². The fourth-order valence-corrected chi connectivity index (χ4v) is 5.46. The number of rotatable bonds is 1. The van der Waals surface area contributed by atoms with Crippen LogP contribution in [0, 0.1) is 5.92 Å². The van der Waals surface area contributed by atoms with Crippen molar-refractivity contribution in [2.75, 3.05) is 20.7 Å². The molecule has 1 aliphatic heterocycles. The zero-order chi connectivity index (χ0) is 13.7. The maximum absolute atomic E-state index is 5.51. The van der Waals surface area contributed by atoms with E-state index in [0.29, 0.717) is 5.41 Å². The molecule has 2 heteroatoms. The Kier molecular flexibility index (Phi) is 2.85. The summed E-state index contributed by atoms with van der Waals surface area (Å²) in [4.78, 5) is 1.77. The van der Waals surface area contributed by atoms with Gasteiger partial charge in [0.05, 0.1) is 26.7 Å². The molecule has 0 aromatic heterocycles. The van der Waals surface area contributed by atoms with Gasteiger partial charge in [0.2, 0.25) is 0 Å². The van der Waals surface area contributed by atoms with Gasteiger partial charge >= 0.3 is 0 Å². The van der Waals surface area contributed by atoms with Gasteiger partial charge in [0.15, 0.2) is 0 Å². The van der Waals surface area contributed by atoms with Crippen molar-refractivity contribution in [3.8, 4) is 5.75 Å². The molecule has 0 spiro atoms. The molecule has 4 rings (SSSR count). The number of fused-ring (bicyclic) bond motifs is 1. The number of nitrogens with one attached hydrogen (secondary N) is 1. The molecule has 2 fully saturated rings. The summed E-state index contributed by atoms with van der Waals surface area (Å²) in [5, 5.41) is 0. The van der Waals surface area contributed by atoms with Crippen molar-refractivity contribution in [2.24, 2.45) is 5.92 Å². The highest BCUT2D eigenvalue weighted by Crippen LogP contribution is 2.53. The van der Waals surface area contributed by atoms with Crippen LogP contribution in [0.4, 0.5) is 0 Å². The maximum atomic E-state index is 5.51. The van der Waals surface area contributed by atoms with E-state index in [2.05, 4.69) is 25.2 Å². The monoisotopic (exact) mass is 272 g/mol. The Bertz CT molecular complexity index is 526. The van der Waals surface area contributed by atoms with Crippen LogP contribution in [0.2, 0.25) is 0 Å². The molecule has 2 bridgehead atoms. The summed E-state index contributed by atoms with van der Waals surface area (Å²) in [5.41, 5.74) is 3.73. The van der Waals surface area contributed by atoms with E-state index < -0.39 is 0 Å². The Hall–Kier alpha value is -1.02. The molecule has 2 nitrogen and oxygen atoms in total. The summed E-state index contributed by atoms with van der Waals surface area (Å²) in [6.45, 7) is 1.35. The summed E-state index contributed by atoms with van der Waals surface area (Å²) >= 11 is 0. The first-order valence-electron chi connectivity index (χ1n) is 8.24. The number of quaternary nitrogens is 1. The smallest absolute Gasteiger partial charge is 0.119 e. The predicted molar refractivity (Wildman–Crippen MR) is 80.5 cm³/mol. The van der Waals surface area contributed by atoms with Gasteiger partial charge in [-0.05, 0) is 36.1 Å². The number of piperidine rings is 1. The zero-order valence-corrected chi connectivity index (χ0v) is 12.7. The van der Waals surface area contributed by atoms with Gasteiger partial charge in [-0.3, -0.25) is 0 Å². The van der Waals surface area contributed by atoms with Crippen LogP contribution in [0.15, 0.2) is 18.2 Å². The summed E-state index contributed by atoms with van der Waals surface area (Å²) in [6, 6.07) is 7.71. The van der Waals surface area contributed by atoms with Crippen LogP contribution in [0.5, 0.6) is 5.75 Å². The molecule has 20 heavy (non-hydrogen) atoms. The third-order valence-corrected chi connectivity index (χ3v) is 6.48. The largest absolute Gasteiger partial charge is 0.497 e. The molecule has 0 amide bonds. The summed E-state index contributed by atoms with van der Waals surface area (Å²) in [6.07, 6.45) is 8.35. The number of benzene rings is 1. The van der Waals surface area contributed by atoms with Gasteiger partial charge in [-0.2, -0.15) is 0 Å². The normalized spacial score (nSPS) is 38.8. The minimum absolute atomic E-state index is 0.477. The average molecular weight is 272 g/mol. The van der Waals surface area contributed by atoms with Gasteiger partial charge < -0.3 is 9.64 Å². The summed E-state index contributed by atoms with van der Waals surface area (Å²) in [5.74, 6) is 1.96. The Morgan fingerprint density at radius 1 is 1.25 bits per heavy atom. The van der Waals surface area contributed by atoms with Gasteiger partial charge in [-0.15, -0.1) is 0 Å². The van der Waals surface area contributed by atoms with Crippen LogP contribution in [-0.2, 0) is 11.8 Å². The van der Waals surface area contributed by atoms with E-state index in [0.717, 1.165) is 17.7 Å². The predicted octanol–water partition coefficient (Wildman–Crippen LogP) is 1.97. The zero-order valence-electron chi connectivity index (χ0n) is 12.7. The topological polar surface area (TPSA) is 13.7 Å². The number of hydrogen-bond acceptors (Lipinski definition) is 1. The summed E-state index contributed by atoms with van der Waals surface area (Å²) in [7, 11) is 4.21. The van der Waals surface area contributed by atoms with Crippen LogP contribution >= 0.6 is 0 Å². The van der Waals surface area contributed by atoms with Gasteiger partial charge in [0.1, 0.15) is 5.75 Å². The van der Waals surface area contributed by atoms with Crippen LogP contribution in [0.1, 0.15) is 43.2 Å². The van der Waals surface area contributed by atoms with Crippen molar-refractivity contribution < 1.29 is 9.64 Å². The number of likely N-dealkylation sites (tertiary alicyclic amines) is 1. The molecule has 0 radical (unpaired) electrons. The lowest BCUT2D eigenvalue weighted by Gasteiger charge is -2.56. The van der Waals surface area contributed by atoms with E-state index in [1.807, 2.05) is 0 Å². The Labute approximate surface area is 122 Å². The summed E-state index contributed by atoms with van der Waals surface area (Å²) < 4.78 is 5.51. The molecule has 3 aliphatic rings. The molecule has 1 aromatic carbocycles. The van der Waals surface area contributed by atoms with Gasteiger partial charge in [0.25, 0.3) is 0 Å². The van der Waals surface area contributed by atoms with E-state index >= 15 is 0 Å². The van der Waals surface area contributed by atoms with Crippen LogP contribution in [0.25, 0.3) is 0 Å². The average Bonchev–Trinajstić information content (AvgIpc) is 2.50. The molecule has 1 N–H and O–H groups in total. The van der Waals surface area contributed by atoms with Crippen LogP contribution in [-0.4, -0.2) is 26.7 Å². The third-order valence-electron chi connectivity index (χ3n) is 6.48. The number of ether oxygens (including phenoxy) is 1. The second-order valence-electron chi connectivity index (χ2n) is 7.19. The maximum Gasteiger partial charge on any atom is 0.119 e. The highest BCUT2D eigenvalue weighted by Gasteiger charge is 2.55. The first-order chi connectivity index (χ1) is 9.74. The number of likely N-dealkylation sites (N-methyl/N-ethyl adjacent to an activating group) is 1. The van der Waals surface area contributed by atoms with Crippen molar-refractivity contribution in [3.05, 3.63) is 29.3 Å². The van der Waals surface area contributed by atoms with Crippen molar-refractivity contribution in [2.45, 2.75) is 50.0 Å². The molecule has 1 saturated carbocycles. The van der Waals surface area contributed by atoms with E-state index in [4.69, 9.17) is 4.74 Å². The highest BCUT2D eigenvalue weighted by molar-refractivity contribution is 5.44. The lowest BCUT2D eigenvalue weighted by atomic mass is 9.52. The van der Waals surface area contributed by atoms with Crippen LogP contribution < -0.4 is 9.64 Å². The van der Waals surface area contributed by atoms with Crippen LogP contribution in [0.3, 0.4) is 0 Å². The molecule has 1 saturated heterocycles. The third kappa shape index (κ3) is 1.60. The van der Waals surface area contributed by atoms with Gasteiger partial charge in [0, 0.05) is 24.2 Å². The number of methoxy groups -OCH3 is 1. The Morgan fingerprint density at radius 3 is 3.00 bits per heavy atom. The number of hydrogen-bond donors (Lipinski definition) is 1. The minimum atomic E-state index is 0.477. The van der Waals surface area contributed by atoms with Gasteiger partial charge in [-0.25, -0.2) is 0 Å². The molecule has 108 valence electrons. The Balaban J connectivity index is 1.88. The standard InChI is InChI=1S/C18H25NO/c1-19-10-9-18-8-4-3-5-15(18)17(19)11-13-6-7-14(20-2)12-16(13)18/h6-7,12,15,17H,3-5,8-11H2,1-2H3/p+1/t15-,17?,18+/m1/s1. The molecule has 2 unspecified atom stereocenters. The minimum Gasteiger partial charge on any atom is -0.497 e.